The van der Waals surface area contributed by atoms with Crippen molar-refractivity contribution in [1.82, 2.24) is 0 Å². The van der Waals surface area contributed by atoms with E-state index < -0.39 is 0 Å². The number of hydrogen-bond donors (Lipinski definition) is 0. The molecule has 0 saturated carbocycles. The van der Waals surface area contributed by atoms with Gasteiger partial charge >= 0.3 is 0 Å². The van der Waals surface area contributed by atoms with Gasteiger partial charge in [-0.3, -0.25) is 0 Å². The molecule has 1 unspecified atom stereocenters. The van der Waals surface area contributed by atoms with Crippen molar-refractivity contribution in [3.63, 3.8) is 0 Å². The highest BCUT2D eigenvalue weighted by Crippen LogP contribution is 2.19. The van der Waals surface area contributed by atoms with Gasteiger partial charge in [0, 0.05) is 0 Å². The summed E-state index contributed by atoms with van der Waals surface area (Å²) in [7, 11) is 0. The Morgan fingerprint density at radius 2 is 0.304 bits per heavy atom. The molecule has 56 heavy (non-hydrogen) atoms. The fourth-order valence-corrected chi connectivity index (χ4v) is 9.26. The molecule has 0 bridgehead atoms. The second kappa shape index (κ2) is 53.0. The molecule has 0 saturated heterocycles. The van der Waals surface area contributed by atoms with Crippen molar-refractivity contribution in [2.24, 2.45) is 5.92 Å². The lowest BCUT2D eigenvalue weighted by molar-refractivity contribution is 0.468. The number of rotatable bonds is 52. The summed E-state index contributed by atoms with van der Waals surface area (Å²) < 4.78 is 0. The van der Waals surface area contributed by atoms with Crippen LogP contribution in [0.1, 0.15) is 355 Å². The molecule has 0 aromatic rings. The molecule has 0 heterocycles. The standard InChI is InChI=1S/C56H114/c1-4-6-7-8-9-10-11-12-13-14-15-16-17-18-19-20-21-22-23-24-25-26-27-28-29-30-31-32-33-34-35-36-37-38-39-40-41-42-43-44-45-46-47-48-49-50-51-52-53-54-55-56(3)5-2/h56H,4-55H2,1-3H3. The van der Waals surface area contributed by atoms with Crippen LogP contribution in [0.5, 0.6) is 0 Å². The Balaban J connectivity index is 3.06. The van der Waals surface area contributed by atoms with Gasteiger partial charge in [-0.2, -0.15) is 0 Å². The fraction of sp³-hybridized carbons (Fsp3) is 1.00. The molecule has 0 nitrogen and oxygen atoms in total. The summed E-state index contributed by atoms with van der Waals surface area (Å²) in [5.74, 6) is 0.946. The first-order valence-electron chi connectivity index (χ1n) is 27.8. The van der Waals surface area contributed by atoms with Crippen molar-refractivity contribution >= 4 is 0 Å². The zero-order valence-electron chi connectivity index (χ0n) is 40.3. The lowest BCUT2D eigenvalue weighted by Gasteiger charge is -2.07. The average Bonchev–Trinajstić information content (AvgIpc) is 3.21. The summed E-state index contributed by atoms with van der Waals surface area (Å²) in [5.41, 5.74) is 0. The van der Waals surface area contributed by atoms with Crippen LogP contribution in [0.15, 0.2) is 0 Å². The Kier molecular flexibility index (Phi) is 53.0. The van der Waals surface area contributed by atoms with Crippen LogP contribution in [0.3, 0.4) is 0 Å². The first kappa shape index (κ1) is 56.0. The zero-order chi connectivity index (χ0) is 40.3. The van der Waals surface area contributed by atoms with Gasteiger partial charge in [0.2, 0.25) is 0 Å². The lowest BCUT2D eigenvalue weighted by atomic mass is 9.99. The molecule has 0 amide bonds. The van der Waals surface area contributed by atoms with E-state index in [1.165, 1.54) is 334 Å². The maximum Gasteiger partial charge on any atom is -0.0445 e. The Hall–Kier alpha value is 0. The summed E-state index contributed by atoms with van der Waals surface area (Å²) >= 11 is 0. The molecule has 0 aliphatic heterocycles. The molecule has 0 heteroatoms. The lowest BCUT2D eigenvalue weighted by Crippen LogP contribution is -1.91. The number of hydrogen-bond acceptors (Lipinski definition) is 0. The maximum absolute atomic E-state index is 2.41. The predicted octanol–water partition coefficient (Wildman–Crippen LogP) is 21.9. The van der Waals surface area contributed by atoms with Crippen LogP contribution in [0.25, 0.3) is 0 Å². The van der Waals surface area contributed by atoms with E-state index in [-0.39, 0.29) is 0 Å². The van der Waals surface area contributed by atoms with Crippen LogP contribution in [0.4, 0.5) is 0 Å². The maximum atomic E-state index is 2.41. The second-order valence-corrected chi connectivity index (χ2v) is 19.6. The topological polar surface area (TPSA) is 0 Å². The molecule has 0 aliphatic rings. The normalized spacial score (nSPS) is 12.3. The third kappa shape index (κ3) is 52.0. The van der Waals surface area contributed by atoms with Gasteiger partial charge in [-0.05, 0) is 5.92 Å². The molecule has 1 atom stereocenters. The molecule has 0 rings (SSSR count). The Bertz CT molecular complexity index is 636. The minimum Gasteiger partial charge on any atom is -0.0654 e. The predicted molar refractivity (Wildman–Crippen MR) is 261 cm³/mol. The minimum atomic E-state index is 0.946. The van der Waals surface area contributed by atoms with E-state index in [2.05, 4.69) is 20.8 Å². The number of unbranched alkanes of at least 4 members (excludes halogenated alkanes) is 49. The van der Waals surface area contributed by atoms with Gasteiger partial charge < -0.3 is 0 Å². The highest BCUT2D eigenvalue weighted by Gasteiger charge is 2.00. The van der Waals surface area contributed by atoms with Crippen LogP contribution in [-0.4, -0.2) is 0 Å². The molecule has 0 aromatic carbocycles. The molecule has 338 valence electrons. The van der Waals surface area contributed by atoms with E-state index in [1.54, 1.807) is 0 Å². The van der Waals surface area contributed by atoms with E-state index in [1.807, 2.05) is 0 Å². The molecule has 0 spiro atoms. The van der Waals surface area contributed by atoms with E-state index in [4.69, 9.17) is 0 Å². The average molecular weight is 788 g/mol. The van der Waals surface area contributed by atoms with Gasteiger partial charge in [-0.25, -0.2) is 0 Å². The largest absolute Gasteiger partial charge is 0.0654 e. The second-order valence-electron chi connectivity index (χ2n) is 19.6. The van der Waals surface area contributed by atoms with Crippen molar-refractivity contribution in [1.29, 1.82) is 0 Å². The van der Waals surface area contributed by atoms with E-state index >= 15 is 0 Å². The smallest absolute Gasteiger partial charge is 0.0445 e. The van der Waals surface area contributed by atoms with Crippen molar-refractivity contribution < 1.29 is 0 Å². The molecule has 0 aliphatic carbocycles. The molecule has 0 radical (unpaired) electrons. The van der Waals surface area contributed by atoms with Crippen LogP contribution < -0.4 is 0 Å². The summed E-state index contributed by atoms with van der Waals surface area (Å²) in [5, 5.41) is 0. The third-order valence-electron chi connectivity index (χ3n) is 13.7. The van der Waals surface area contributed by atoms with E-state index in [0.29, 0.717) is 0 Å². The summed E-state index contributed by atoms with van der Waals surface area (Å²) in [6.45, 7) is 7.06. The van der Waals surface area contributed by atoms with Gasteiger partial charge in [-0.15, -0.1) is 0 Å². The Labute approximate surface area is 359 Å². The summed E-state index contributed by atoms with van der Waals surface area (Å²) in [4.78, 5) is 0. The van der Waals surface area contributed by atoms with E-state index in [0.717, 1.165) is 5.92 Å². The summed E-state index contributed by atoms with van der Waals surface area (Å²) in [6.07, 6.45) is 77.3. The highest BCUT2D eigenvalue weighted by molar-refractivity contribution is 4.55. The van der Waals surface area contributed by atoms with Crippen LogP contribution in [-0.2, 0) is 0 Å². The third-order valence-corrected chi connectivity index (χ3v) is 13.7. The summed E-state index contributed by atoms with van der Waals surface area (Å²) in [6, 6.07) is 0. The fourth-order valence-electron chi connectivity index (χ4n) is 9.26. The SMILES string of the molecule is CCCCCCCCCCCCCCCCCCCCCCCCCCCCCCCCCCCCCCCCCCCCCCCCCCCCC(C)CC. The quantitative estimate of drug-likeness (QED) is 0.0539. The Morgan fingerprint density at radius 3 is 0.429 bits per heavy atom. The first-order chi connectivity index (χ1) is 27.8. The van der Waals surface area contributed by atoms with Gasteiger partial charge in [0.25, 0.3) is 0 Å². The Morgan fingerprint density at radius 1 is 0.179 bits per heavy atom. The van der Waals surface area contributed by atoms with Crippen molar-refractivity contribution in [3.05, 3.63) is 0 Å². The molecule has 0 fully saturated rings. The van der Waals surface area contributed by atoms with Crippen LogP contribution >= 0.6 is 0 Å². The van der Waals surface area contributed by atoms with Gasteiger partial charge in [0.15, 0.2) is 0 Å². The minimum absolute atomic E-state index is 0.946. The van der Waals surface area contributed by atoms with Gasteiger partial charge in [0.1, 0.15) is 0 Å². The van der Waals surface area contributed by atoms with Crippen LogP contribution in [0.2, 0.25) is 0 Å². The van der Waals surface area contributed by atoms with Crippen LogP contribution in [0, 0.1) is 5.92 Å². The van der Waals surface area contributed by atoms with E-state index in [9.17, 15) is 0 Å². The van der Waals surface area contributed by atoms with Gasteiger partial charge in [-0.1, -0.05) is 355 Å². The van der Waals surface area contributed by atoms with Gasteiger partial charge in [0.05, 0.1) is 0 Å². The molecule has 0 aromatic heterocycles. The molecular weight excluding hydrogens is 673 g/mol. The first-order valence-corrected chi connectivity index (χ1v) is 27.8. The highest BCUT2D eigenvalue weighted by atomic mass is 14.1. The zero-order valence-corrected chi connectivity index (χ0v) is 40.3. The van der Waals surface area contributed by atoms with Crippen molar-refractivity contribution in [2.45, 2.75) is 355 Å². The van der Waals surface area contributed by atoms with Crippen molar-refractivity contribution in [3.8, 4) is 0 Å². The monoisotopic (exact) mass is 787 g/mol. The molecular formula is C56H114. The molecule has 0 N–H and O–H groups in total. The van der Waals surface area contributed by atoms with Crippen molar-refractivity contribution in [2.75, 3.05) is 0 Å².